The summed E-state index contributed by atoms with van der Waals surface area (Å²) in [5, 5.41) is 9.86. The minimum atomic E-state index is -0.819. The van der Waals surface area contributed by atoms with Crippen molar-refractivity contribution < 1.29 is 9.84 Å². The van der Waals surface area contributed by atoms with E-state index in [0.29, 0.717) is 30.5 Å². The number of nitrogen functional groups attached to an aromatic ring is 1. The van der Waals surface area contributed by atoms with Crippen LogP contribution >= 0.6 is 0 Å². The van der Waals surface area contributed by atoms with Crippen molar-refractivity contribution in [2.24, 2.45) is 0 Å². The third kappa shape index (κ3) is 3.45. The summed E-state index contributed by atoms with van der Waals surface area (Å²) in [6.07, 6.45) is 1.39. The van der Waals surface area contributed by atoms with E-state index in [9.17, 15) is 5.11 Å². The van der Waals surface area contributed by atoms with Crippen LogP contribution in [0.15, 0.2) is 6.33 Å². The van der Waals surface area contributed by atoms with E-state index in [1.54, 1.807) is 13.8 Å². The van der Waals surface area contributed by atoms with Gasteiger partial charge in [-0.25, -0.2) is 9.97 Å². The summed E-state index contributed by atoms with van der Waals surface area (Å²) in [7, 11) is 1.52. The highest BCUT2D eigenvalue weighted by molar-refractivity contribution is 5.62. The highest BCUT2D eigenvalue weighted by Crippen LogP contribution is 2.30. The smallest absolute Gasteiger partial charge is 0.204 e. The molecule has 0 spiro atoms. The zero-order valence-corrected chi connectivity index (χ0v) is 10.8. The molecule has 0 saturated heterocycles. The third-order valence-corrected chi connectivity index (χ3v) is 2.28. The first-order valence-electron chi connectivity index (χ1n) is 5.50. The van der Waals surface area contributed by atoms with Crippen LogP contribution in [0.3, 0.4) is 0 Å². The predicted octanol–water partition coefficient (Wildman–Crippen LogP) is 0.665. The number of ether oxygens (including phenoxy) is 1. The number of nitrogens with two attached hydrogens (primary N) is 1. The lowest BCUT2D eigenvalue weighted by molar-refractivity contribution is 0.0873. The fourth-order valence-corrected chi connectivity index (χ4v) is 1.60. The minimum Gasteiger partial charge on any atom is -0.490 e. The molecule has 0 unspecified atom stereocenters. The van der Waals surface area contributed by atoms with Crippen molar-refractivity contribution in [3.05, 3.63) is 6.33 Å². The molecule has 1 rings (SSSR count). The number of hydrogen-bond acceptors (Lipinski definition) is 6. The van der Waals surface area contributed by atoms with Crippen molar-refractivity contribution in [1.82, 2.24) is 9.97 Å². The van der Waals surface area contributed by atoms with Crippen LogP contribution in [0.25, 0.3) is 0 Å². The molecule has 96 valence electrons. The van der Waals surface area contributed by atoms with E-state index >= 15 is 0 Å². The van der Waals surface area contributed by atoms with Gasteiger partial charge in [-0.15, -0.1) is 0 Å². The maximum absolute atomic E-state index is 9.86. The van der Waals surface area contributed by atoms with Gasteiger partial charge in [-0.05, 0) is 20.8 Å². The van der Waals surface area contributed by atoms with Crippen molar-refractivity contribution in [3.8, 4) is 5.75 Å². The number of methoxy groups -OCH3 is 1. The Morgan fingerprint density at radius 2 is 2.12 bits per heavy atom. The summed E-state index contributed by atoms with van der Waals surface area (Å²) in [6.45, 7) is 6.59. The first-order valence-corrected chi connectivity index (χ1v) is 5.50. The quantitative estimate of drug-likeness (QED) is 0.786. The molecule has 0 saturated carbocycles. The molecule has 3 N–H and O–H groups in total. The largest absolute Gasteiger partial charge is 0.490 e. The topological polar surface area (TPSA) is 84.5 Å². The van der Waals surface area contributed by atoms with E-state index in [1.807, 2.05) is 11.8 Å². The maximum Gasteiger partial charge on any atom is 0.204 e. The zero-order valence-electron chi connectivity index (χ0n) is 10.8. The molecule has 0 aliphatic heterocycles. The summed E-state index contributed by atoms with van der Waals surface area (Å²) in [6, 6.07) is 0. The average Bonchev–Trinajstić information content (AvgIpc) is 2.24. The molecule has 6 nitrogen and oxygen atoms in total. The zero-order chi connectivity index (χ0) is 13.1. The van der Waals surface area contributed by atoms with Gasteiger partial charge in [0.25, 0.3) is 0 Å². The Morgan fingerprint density at radius 1 is 1.47 bits per heavy atom. The molecule has 1 aromatic rings. The monoisotopic (exact) mass is 240 g/mol. The van der Waals surface area contributed by atoms with Crippen LogP contribution in [-0.4, -0.2) is 40.9 Å². The number of aromatic nitrogens is 2. The van der Waals surface area contributed by atoms with Crippen molar-refractivity contribution in [2.45, 2.75) is 26.4 Å². The van der Waals surface area contributed by atoms with Gasteiger partial charge in [0.15, 0.2) is 11.6 Å². The Labute approximate surface area is 101 Å². The van der Waals surface area contributed by atoms with E-state index in [0.717, 1.165) is 0 Å². The molecule has 0 amide bonds. The molecule has 0 bridgehead atoms. The molecule has 17 heavy (non-hydrogen) atoms. The molecule has 1 aromatic heterocycles. The van der Waals surface area contributed by atoms with Gasteiger partial charge in [0.2, 0.25) is 5.75 Å². The van der Waals surface area contributed by atoms with Crippen molar-refractivity contribution >= 4 is 11.6 Å². The molecular weight excluding hydrogens is 220 g/mol. The lowest BCUT2D eigenvalue weighted by Gasteiger charge is -2.29. The minimum absolute atomic E-state index is 0.298. The molecule has 0 aromatic carbocycles. The standard InChI is InChI=1S/C11H20N4O2/c1-5-15(6-11(2,3)16)10-8(17-4)9(12)13-7-14-10/h7,16H,5-6H2,1-4H3,(H2,12,13,14). The van der Waals surface area contributed by atoms with E-state index in [-0.39, 0.29) is 0 Å². The maximum atomic E-state index is 9.86. The summed E-state index contributed by atoms with van der Waals surface area (Å²) < 4.78 is 5.20. The SMILES string of the molecule is CCN(CC(C)(C)O)c1ncnc(N)c1OC. The van der Waals surface area contributed by atoms with Gasteiger partial charge in [-0.1, -0.05) is 0 Å². The number of likely N-dealkylation sites (N-methyl/N-ethyl adjacent to an activating group) is 1. The number of hydrogen-bond donors (Lipinski definition) is 2. The summed E-state index contributed by atoms with van der Waals surface area (Å²) in [4.78, 5) is 9.94. The first-order chi connectivity index (χ1) is 7.89. The number of aliphatic hydroxyl groups is 1. The molecule has 0 fully saturated rings. The van der Waals surface area contributed by atoms with Crippen LogP contribution in [0.4, 0.5) is 11.6 Å². The van der Waals surface area contributed by atoms with Crippen LogP contribution in [0.5, 0.6) is 5.75 Å². The van der Waals surface area contributed by atoms with E-state index < -0.39 is 5.60 Å². The van der Waals surface area contributed by atoms with E-state index in [1.165, 1.54) is 13.4 Å². The fraction of sp³-hybridized carbons (Fsp3) is 0.636. The normalized spacial score (nSPS) is 11.4. The highest BCUT2D eigenvalue weighted by Gasteiger charge is 2.22. The van der Waals surface area contributed by atoms with Gasteiger partial charge in [0.1, 0.15) is 6.33 Å². The molecule has 6 heteroatoms. The van der Waals surface area contributed by atoms with Crippen LogP contribution in [0.2, 0.25) is 0 Å². The second kappa shape index (κ2) is 5.18. The Morgan fingerprint density at radius 3 is 2.59 bits per heavy atom. The second-order valence-electron chi connectivity index (χ2n) is 4.44. The fourth-order valence-electron chi connectivity index (χ4n) is 1.60. The van der Waals surface area contributed by atoms with Gasteiger partial charge >= 0.3 is 0 Å². The number of rotatable bonds is 5. The Bertz CT molecular complexity index is 376. The van der Waals surface area contributed by atoms with Gasteiger partial charge in [0, 0.05) is 13.1 Å². The second-order valence-corrected chi connectivity index (χ2v) is 4.44. The van der Waals surface area contributed by atoms with Crippen molar-refractivity contribution in [3.63, 3.8) is 0 Å². The molecule has 0 aliphatic carbocycles. The Balaban J connectivity index is 3.07. The van der Waals surface area contributed by atoms with Gasteiger partial charge < -0.3 is 20.5 Å². The van der Waals surface area contributed by atoms with E-state index in [4.69, 9.17) is 10.5 Å². The van der Waals surface area contributed by atoms with Crippen LogP contribution in [0.1, 0.15) is 20.8 Å². The Kier molecular flexibility index (Phi) is 4.11. The number of nitrogens with zero attached hydrogens (tertiary/aromatic N) is 3. The van der Waals surface area contributed by atoms with E-state index in [2.05, 4.69) is 9.97 Å². The predicted molar refractivity (Wildman–Crippen MR) is 67.2 cm³/mol. The van der Waals surface area contributed by atoms with Crippen LogP contribution < -0.4 is 15.4 Å². The molecule has 0 radical (unpaired) electrons. The Hall–Kier alpha value is -1.56. The average molecular weight is 240 g/mol. The number of anilines is 2. The summed E-state index contributed by atoms with van der Waals surface area (Å²) >= 11 is 0. The highest BCUT2D eigenvalue weighted by atomic mass is 16.5. The third-order valence-electron chi connectivity index (χ3n) is 2.28. The lowest BCUT2D eigenvalue weighted by atomic mass is 10.1. The first kappa shape index (κ1) is 13.5. The van der Waals surface area contributed by atoms with Crippen molar-refractivity contribution in [2.75, 3.05) is 30.8 Å². The van der Waals surface area contributed by atoms with Crippen LogP contribution in [0, 0.1) is 0 Å². The lowest BCUT2D eigenvalue weighted by Crippen LogP contribution is -2.39. The summed E-state index contributed by atoms with van der Waals surface area (Å²) in [5.41, 5.74) is 4.90. The molecule has 0 atom stereocenters. The molecular formula is C11H20N4O2. The van der Waals surface area contributed by atoms with Gasteiger partial charge in [0.05, 0.1) is 12.7 Å². The van der Waals surface area contributed by atoms with Gasteiger partial charge in [-0.3, -0.25) is 0 Å². The molecule has 0 aliphatic rings. The van der Waals surface area contributed by atoms with Gasteiger partial charge in [-0.2, -0.15) is 0 Å². The molecule has 1 heterocycles. The van der Waals surface area contributed by atoms with Crippen molar-refractivity contribution in [1.29, 1.82) is 0 Å². The van der Waals surface area contributed by atoms with Crippen LogP contribution in [-0.2, 0) is 0 Å². The summed E-state index contributed by atoms with van der Waals surface area (Å²) in [5.74, 6) is 1.34.